The van der Waals surface area contributed by atoms with Crippen molar-refractivity contribution in [2.75, 3.05) is 17.7 Å². The molecule has 1 aromatic heterocycles. The Bertz CT molecular complexity index is 986. The van der Waals surface area contributed by atoms with Crippen molar-refractivity contribution in [3.05, 3.63) is 65.4 Å². The number of aromatic nitrogens is 2. The number of amides is 2. The molecule has 7 nitrogen and oxygen atoms in total. The van der Waals surface area contributed by atoms with Crippen LogP contribution in [0.1, 0.15) is 17.4 Å². The summed E-state index contributed by atoms with van der Waals surface area (Å²) < 4.78 is 6.84. The van der Waals surface area contributed by atoms with E-state index in [9.17, 15) is 9.59 Å². The highest BCUT2D eigenvalue weighted by Crippen LogP contribution is 2.27. The summed E-state index contributed by atoms with van der Waals surface area (Å²) >= 11 is 6.15. The highest BCUT2D eigenvalue weighted by molar-refractivity contribution is 6.34. The summed E-state index contributed by atoms with van der Waals surface area (Å²) in [6.07, 6.45) is 1.62. The SMILES string of the molecule is COc1cn(-c2ccccc2)nc1C(=O)Nc1cc(NC(C)=O)ccc1Cl. The first kappa shape index (κ1) is 18.5. The van der Waals surface area contributed by atoms with E-state index in [0.29, 0.717) is 22.1 Å². The number of halogens is 1. The summed E-state index contributed by atoms with van der Waals surface area (Å²) in [4.78, 5) is 23.9. The van der Waals surface area contributed by atoms with Crippen LogP contribution < -0.4 is 15.4 Å². The molecule has 0 radical (unpaired) electrons. The lowest BCUT2D eigenvalue weighted by atomic mass is 10.2. The number of para-hydroxylation sites is 1. The molecule has 0 spiro atoms. The quantitative estimate of drug-likeness (QED) is 0.701. The van der Waals surface area contributed by atoms with Gasteiger partial charge in [0.2, 0.25) is 5.91 Å². The Balaban J connectivity index is 1.88. The minimum absolute atomic E-state index is 0.113. The molecule has 2 amide bonds. The molecule has 0 aliphatic carbocycles. The molecule has 3 rings (SSSR count). The van der Waals surface area contributed by atoms with Crippen LogP contribution in [0.4, 0.5) is 11.4 Å². The average molecular weight is 385 g/mol. The fourth-order valence-electron chi connectivity index (χ4n) is 2.46. The van der Waals surface area contributed by atoms with Gasteiger partial charge in [-0.2, -0.15) is 5.10 Å². The number of rotatable bonds is 5. The van der Waals surface area contributed by atoms with Crippen molar-refractivity contribution in [3.63, 3.8) is 0 Å². The number of nitrogens with zero attached hydrogens (tertiary/aromatic N) is 2. The number of nitrogens with one attached hydrogen (secondary N) is 2. The Morgan fingerprint density at radius 2 is 1.85 bits per heavy atom. The largest absolute Gasteiger partial charge is 0.493 e. The van der Waals surface area contributed by atoms with Gasteiger partial charge in [-0.25, -0.2) is 4.68 Å². The lowest BCUT2D eigenvalue weighted by Gasteiger charge is -2.09. The van der Waals surface area contributed by atoms with Gasteiger partial charge in [0.05, 0.1) is 29.7 Å². The van der Waals surface area contributed by atoms with Gasteiger partial charge in [0.25, 0.3) is 5.91 Å². The van der Waals surface area contributed by atoms with E-state index in [-0.39, 0.29) is 11.6 Å². The van der Waals surface area contributed by atoms with Crippen molar-refractivity contribution in [2.24, 2.45) is 0 Å². The Labute approximate surface area is 160 Å². The third-order valence-electron chi connectivity index (χ3n) is 3.67. The normalized spacial score (nSPS) is 10.3. The average Bonchev–Trinajstić information content (AvgIpc) is 3.09. The third-order valence-corrected chi connectivity index (χ3v) is 4.00. The summed E-state index contributed by atoms with van der Waals surface area (Å²) in [6.45, 7) is 1.40. The summed E-state index contributed by atoms with van der Waals surface area (Å²) in [5, 5.41) is 9.99. The van der Waals surface area contributed by atoms with Crippen molar-refractivity contribution in [2.45, 2.75) is 6.92 Å². The number of ether oxygens (including phenoxy) is 1. The fourth-order valence-corrected chi connectivity index (χ4v) is 2.63. The first-order valence-corrected chi connectivity index (χ1v) is 8.43. The van der Waals surface area contributed by atoms with Gasteiger partial charge in [0.1, 0.15) is 0 Å². The van der Waals surface area contributed by atoms with E-state index in [2.05, 4.69) is 15.7 Å². The van der Waals surface area contributed by atoms with E-state index in [0.717, 1.165) is 5.69 Å². The molecule has 0 bridgehead atoms. The van der Waals surface area contributed by atoms with Crippen LogP contribution in [0, 0.1) is 0 Å². The molecule has 3 aromatic rings. The van der Waals surface area contributed by atoms with Gasteiger partial charge in [-0.1, -0.05) is 29.8 Å². The standard InChI is InChI=1S/C19H17ClN4O3/c1-12(25)21-13-8-9-15(20)16(10-13)22-19(26)18-17(27-2)11-24(23-18)14-6-4-3-5-7-14/h3-11H,1-2H3,(H,21,25)(H,22,26). The predicted octanol–water partition coefficient (Wildman–Crippen LogP) is 3.75. The maximum absolute atomic E-state index is 12.7. The highest BCUT2D eigenvalue weighted by atomic mass is 35.5. The van der Waals surface area contributed by atoms with Crippen LogP contribution in [0.25, 0.3) is 5.69 Å². The molecular formula is C19H17ClN4O3. The lowest BCUT2D eigenvalue weighted by Crippen LogP contribution is -2.15. The molecule has 0 aliphatic heterocycles. The van der Waals surface area contributed by atoms with E-state index in [4.69, 9.17) is 16.3 Å². The summed E-state index contributed by atoms with van der Waals surface area (Å²) in [7, 11) is 1.47. The van der Waals surface area contributed by atoms with Crippen LogP contribution >= 0.6 is 11.6 Å². The Kier molecular flexibility index (Phi) is 5.42. The minimum Gasteiger partial charge on any atom is -0.493 e. The molecule has 1 heterocycles. The second kappa shape index (κ2) is 7.92. The van der Waals surface area contributed by atoms with E-state index < -0.39 is 5.91 Å². The van der Waals surface area contributed by atoms with Crippen LogP contribution in [-0.2, 0) is 4.79 Å². The molecule has 0 aliphatic rings. The zero-order valence-electron chi connectivity index (χ0n) is 14.7. The molecule has 0 saturated carbocycles. The molecule has 0 atom stereocenters. The Morgan fingerprint density at radius 1 is 1.11 bits per heavy atom. The van der Waals surface area contributed by atoms with E-state index in [1.54, 1.807) is 29.1 Å². The maximum Gasteiger partial charge on any atom is 0.280 e. The second-order valence-electron chi connectivity index (χ2n) is 5.66. The van der Waals surface area contributed by atoms with Crippen LogP contribution in [0.5, 0.6) is 5.75 Å². The van der Waals surface area contributed by atoms with Gasteiger partial charge in [0, 0.05) is 12.6 Å². The molecule has 0 saturated heterocycles. The molecule has 8 heteroatoms. The number of carbonyl (C=O) groups excluding carboxylic acids is 2. The first-order valence-electron chi connectivity index (χ1n) is 8.05. The highest BCUT2D eigenvalue weighted by Gasteiger charge is 2.19. The molecule has 0 fully saturated rings. The molecule has 27 heavy (non-hydrogen) atoms. The molecule has 0 unspecified atom stereocenters. The van der Waals surface area contributed by atoms with E-state index in [1.807, 2.05) is 30.3 Å². The summed E-state index contributed by atoms with van der Waals surface area (Å²) in [6, 6.07) is 14.2. The number of hydrogen-bond acceptors (Lipinski definition) is 4. The third kappa shape index (κ3) is 4.27. The van der Waals surface area contributed by atoms with Crippen molar-refractivity contribution in [1.29, 1.82) is 0 Å². The zero-order valence-corrected chi connectivity index (χ0v) is 15.4. The molecular weight excluding hydrogens is 368 g/mol. The van der Waals surface area contributed by atoms with Gasteiger partial charge < -0.3 is 15.4 Å². The topological polar surface area (TPSA) is 85.2 Å². The maximum atomic E-state index is 12.7. The van der Waals surface area contributed by atoms with Gasteiger partial charge >= 0.3 is 0 Å². The van der Waals surface area contributed by atoms with Gasteiger partial charge in [-0.05, 0) is 30.3 Å². The Hall–Kier alpha value is -3.32. The molecule has 2 N–H and O–H groups in total. The molecule has 2 aromatic carbocycles. The van der Waals surface area contributed by atoms with Crippen molar-refractivity contribution in [3.8, 4) is 11.4 Å². The predicted molar refractivity (Wildman–Crippen MR) is 104 cm³/mol. The van der Waals surface area contributed by atoms with Gasteiger partial charge in [-0.15, -0.1) is 0 Å². The van der Waals surface area contributed by atoms with Crippen molar-refractivity contribution in [1.82, 2.24) is 9.78 Å². The van der Waals surface area contributed by atoms with E-state index >= 15 is 0 Å². The summed E-state index contributed by atoms with van der Waals surface area (Å²) in [5.41, 5.74) is 1.77. The lowest BCUT2D eigenvalue weighted by molar-refractivity contribution is -0.114. The minimum atomic E-state index is -0.483. The number of anilines is 2. The second-order valence-corrected chi connectivity index (χ2v) is 6.06. The van der Waals surface area contributed by atoms with Crippen molar-refractivity contribution < 1.29 is 14.3 Å². The first-order chi connectivity index (χ1) is 13.0. The van der Waals surface area contributed by atoms with Crippen LogP contribution in [0.15, 0.2) is 54.7 Å². The van der Waals surface area contributed by atoms with Gasteiger partial charge in [-0.3, -0.25) is 9.59 Å². The summed E-state index contributed by atoms with van der Waals surface area (Å²) in [5.74, 6) is -0.383. The Morgan fingerprint density at radius 3 is 2.52 bits per heavy atom. The van der Waals surface area contributed by atoms with Crippen molar-refractivity contribution >= 4 is 34.8 Å². The number of methoxy groups -OCH3 is 1. The monoisotopic (exact) mass is 384 g/mol. The van der Waals surface area contributed by atoms with Crippen LogP contribution in [0.3, 0.4) is 0 Å². The van der Waals surface area contributed by atoms with E-state index in [1.165, 1.54) is 14.0 Å². The fraction of sp³-hybridized carbons (Fsp3) is 0.105. The smallest absolute Gasteiger partial charge is 0.280 e. The molecule has 138 valence electrons. The number of carbonyl (C=O) groups is 2. The van der Waals surface area contributed by atoms with Gasteiger partial charge in [0.15, 0.2) is 11.4 Å². The zero-order chi connectivity index (χ0) is 19.4. The number of hydrogen-bond donors (Lipinski definition) is 2. The van der Waals surface area contributed by atoms with Crippen LogP contribution in [0.2, 0.25) is 5.02 Å². The number of benzene rings is 2. The van der Waals surface area contributed by atoms with Crippen LogP contribution in [-0.4, -0.2) is 28.7 Å².